The SMILES string of the molecule is CC(=O)c1ccc(SCC(=O)N(C2CC2)C2CCS(=O)(=O)C2)c(F)c1. The third-order valence-corrected chi connectivity index (χ3v) is 7.30. The Balaban J connectivity index is 1.65. The highest BCUT2D eigenvalue weighted by molar-refractivity contribution is 8.00. The van der Waals surface area contributed by atoms with Gasteiger partial charge in [0.2, 0.25) is 5.91 Å². The smallest absolute Gasteiger partial charge is 0.233 e. The highest BCUT2D eigenvalue weighted by atomic mass is 32.2. The van der Waals surface area contributed by atoms with Crippen LogP contribution in [0.15, 0.2) is 23.1 Å². The summed E-state index contributed by atoms with van der Waals surface area (Å²) >= 11 is 1.08. The van der Waals surface area contributed by atoms with Crippen molar-refractivity contribution in [2.75, 3.05) is 17.3 Å². The normalized spacial score (nSPS) is 21.9. The molecule has 2 aliphatic rings. The average molecular weight is 385 g/mol. The minimum atomic E-state index is -3.06. The third kappa shape index (κ3) is 4.41. The van der Waals surface area contributed by atoms with E-state index in [0.717, 1.165) is 24.6 Å². The van der Waals surface area contributed by atoms with Crippen LogP contribution < -0.4 is 0 Å². The van der Waals surface area contributed by atoms with Crippen LogP contribution in [0.4, 0.5) is 4.39 Å². The van der Waals surface area contributed by atoms with Crippen LogP contribution in [0.3, 0.4) is 0 Å². The van der Waals surface area contributed by atoms with Crippen molar-refractivity contribution in [2.45, 2.75) is 43.2 Å². The number of amides is 1. The summed E-state index contributed by atoms with van der Waals surface area (Å²) in [7, 11) is -3.06. The Kier molecular flexibility index (Phi) is 5.20. The summed E-state index contributed by atoms with van der Waals surface area (Å²) in [6.07, 6.45) is 2.28. The number of carbonyl (C=O) groups excluding carboxylic acids is 2. The summed E-state index contributed by atoms with van der Waals surface area (Å²) in [5.74, 6) is -0.668. The number of nitrogens with zero attached hydrogens (tertiary/aromatic N) is 1. The molecule has 0 radical (unpaired) electrons. The van der Waals surface area contributed by atoms with Crippen molar-refractivity contribution in [3.8, 4) is 0 Å². The van der Waals surface area contributed by atoms with Crippen molar-refractivity contribution in [1.29, 1.82) is 0 Å². The molecule has 0 aromatic heterocycles. The molecule has 0 spiro atoms. The van der Waals surface area contributed by atoms with Crippen LogP contribution in [-0.4, -0.2) is 54.4 Å². The molecule has 1 aliphatic carbocycles. The van der Waals surface area contributed by atoms with Crippen molar-refractivity contribution < 1.29 is 22.4 Å². The number of ketones is 1. The molecule has 1 aliphatic heterocycles. The van der Waals surface area contributed by atoms with Crippen molar-refractivity contribution in [1.82, 2.24) is 4.90 Å². The first-order valence-electron chi connectivity index (χ1n) is 8.22. The van der Waals surface area contributed by atoms with Crippen LogP contribution in [-0.2, 0) is 14.6 Å². The molecule has 0 N–H and O–H groups in total. The van der Waals surface area contributed by atoms with Crippen molar-refractivity contribution >= 4 is 33.3 Å². The largest absolute Gasteiger partial charge is 0.335 e. The van der Waals surface area contributed by atoms with Gasteiger partial charge in [-0.3, -0.25) is 9.59 Å². The minimum absolute atomic E-state index is 0.0293. The summed E-state index contributed by atoms with van der Waals surface area (Å²) in [6.45, 7) is 1.37. The van der Waals surface area contributed by atoms with Gasteiger partial charge in [0.1, 0.15) is 5.82 Å². The van der Waals surface area contributed by atoms with Gasteiger partial charge < -0.3 is 4.90 Å². The number of Topliss-reactive ketones (excluding diaryl/α,β-unsaturated/α-hetero) is 1. The molecular weight excluding hydrogens is 365 g/mol. The molecule has 1 unspecified atom stereocenters. The van der Waals surface area contributed by atoms with E-state index in [9.17, 15) is 22.4 Å². The summed E-state index contributed by atoms with van der Waals surface area (Å²) in [4.78, 5) is 25.9. The van der Waals surface area contributed by atoms with Crippen LogP contribution in [0.2, 0.25) is 0 Å². The van der Waals surface area contributed by atoms with Crippen LogP contribution in [0, 0.1) is 5.82 Å². The molecule has 1 heterocycles. The van der Waals surface area contributed by atoms with Gasteiger partial charge in [0.25, 0.3) is 0 Å². The first kappa shape index (κ1) is 18.4. The first-order chi connectivity index (χ1) is 11.8. The van der Waals surface area contributed by atoms with Crippen LogP contribution >= 0.6 is 11.8 Å². The zero-order valence-electron chi connectivity index (χ0n) is 13.9. The Hall–Kier alpha value is -1.41. The number of rotatable bonds is 6. The minimum Gasteiger partial charge on any atom is -0.335 e. The monoisotopic (exact) mass is 385 g/mol. The second-order valence-electron chi connectivity index (χ2n) is 6.58. The molecule has 5 nitrogen and oxygen atoms in total. The number of hydrogen-bond donors (Lipinski definition) is 0. The number of sulfone groups is 1. The van der Waals surface area contributed by atoms with Gasteiger partial charge in [-0.15, -0.1) is 11.8 Å². The van der Waals surface area contributed by atoms with Gasteiger partial charge in [0.05, 0.1) is 17.3 Å². The molecule has 1 aromatic rings. The second kappa shape index (κ2) is 7.07. The van der Waals surface area contributed by atoms with Crippen LogP contribution in [0.25, 0.3) is 0 Å². The Morgan fingerprint density at radius 1 is 1.24 bits per heavy atom. The molecule has 1 atom stereocenters. The number of benzene rings is 1. The van der Waals surface area contributed by atoms with E-state index in [1.807, 2.05) is 0 Å². The molecule has 8 heteroatoms. The van der Waals surface area contributed by atoms with Gasteiger partial charge in [-0.2, -0.15) is 0 Å². The fraction of sp³-hybridized carbons (Fsp3) is 0.529. The topological polar surface area (TPSA) is 71.5 Å². The van der Waals surface area contributed by atoms with Crippen molar-refractivity contribution in [3.05, 3.63) is 29.6 Å². The molecule has 1 aromatic carbocycles. The predicted molar refractivity (Wildman–Crippen MR) is 94.1 cm³/mol. The molecule has 3 rings (SSSR count). The van der Waals surface area contributed by atoms with Gasteiger partial charge in [-0.05, 0) is 38.3 Å². The van der Waals surface area contributed by atoms with Crippen molar-refractivity contribution in [3.63, 3.8) is 0 Å². The highest BCUT2D eigenvalue weighted by Crippen LogP contribution is 2.33. The second-order valence-corrected chi connectivity index (χ2v) is 9.83. The lowest BCUT2D eigenvalue weighted by atomic mass is 10.1. The fourth-order valence-electron chi connectivity index (χ4n) is 3.10. The molecule has 1 saturated heterocycles. The van der Waals surface area contributed by atoms with Gasteiger partial charge in [-0.25, -0.2) is 12.8 Å². The third-order valence-electron chi connectivity index (χ3n) is 4.52. The Bertz CT molecular complexity index is 805. The van der Waals surface area contributed by atoms with E-state index in [-0.39, 0.29) is 41.0 Å². The first-order valence-corrected chi connectivity index (χ1v) is 11.0. The molecule has 2 fully saturated rings. The summed E-state index contributed by atoms with van der Waals surface area (Å²) < 4.78 is 37.5. The van der Waals surface area contributed by atoms with E-state index in [4.69, 9.17) is 0 Å². The molecular formula is C17H20FNO4S2. The van der Waals surface area contributed by atoms with E-state index in [0.29, 0.717) is 16.9 Å². The summed E-state index contributed by atoms with van der Waals surface area (Å²) in [5, 5.41) is 0. The number of halogens is 1. The number of carbonyl (C=O) groups is 2. The Labute approximate surface area is 150 Å². The maximum atomic E-state index is 14.1. The van der Waals surface area contributed by atoms with E-state index in [1.54, 1.807) is 11.0 Å². The average Bonchev–Trinajstić information content (AvgIpc) is 3.29. The lowest BCUT2D eigenvalue weighted by Gasteiger charge is -2.28. The zero-order valence-corrected chi connectivity index (χ0v) is 15.5. The molecule has 1 amide bonds. The van der Waals surface area contributed by atoms with E-state index in [2.05, 4.69) is 0 Å². The van der Waals surface area contributed by atoms with E-state index in [1.165, 1.54) is 19.1 Å². The van der Waals surface area contributed by atoms with Gasteiger partial charge in [0.15, 0.2) is 15.6 Å². The van der Waals surface area contributed by atoms with Gasteiger partial charge in [0, 0.05) is 22.5 Å². The molecule has 25 heavy (non-hydrogen) atoms. The zero-order chi connectivity index (χ0) is 18.2. The Morgan fingerprint density at radius 2 is 1.96 bits per heavy atom. The number of thioether (sulfide) groups is 1. The van der Waals surface area contributed by atoms with Gasteiger partial charge >= 0.3 is 0 Å². The molecule has 0 bridgehead atoms. The lowest BCUT2D eigenvalue weighted by molar-refractivity contribution is -0.130. The lowest BCUT2D eigenvalue weighted by Crippen LogP contribution is -2.43. The maximum Gasteiger partial charge on any atom is 0.233 e. The van der Waals surface area contributed by atoms with Crippen LogP contribution in [0.5, 0.6) is 0 Å². The molecule has 1 saturated carbocycles. The summed E-state index contributed by atoms with van der Waals surface area (Å²) in [6, 6.07) is 4.09. The maximum absolute atomic E-state index is 14.1. The van der Waals surface area contributed by atoms with Crippen molar-refractivity contribution in [2.24, 2.45) is 0 Å². The Morgan fingerprint density at radius 3 is 2.48 bits per heavy atom. The highest BCUT2D eigenvalue weighted by Gasteiger charge is 2.41. The number of hydrogen-bond acceptors (Lipinski definition) is 5. The molecule has 136 valence electrons. The standard InChI is InChI=1S/C17H20FNO4S2/c1-11(20)12-2-5-16(15(18)8-12)24-9-17(21)19(13-3-4-13)14-6-7-25(22,23)10-14/h2,5,8,13-14H,3-4,6-7,9-10H2,1H3. The van der Waals surface area contributed by atoms with E-state index < -0.39 is 15.7 Å². The quantitative estimate of drug-likeness (QED) is 0.555. The fourth-order valence-corrected chi connectivity index (χ4v) is 5.60. The van der Waals surface area contributed by atoms with Crippen LogP contribution in [0.1, 0.15) is 36.5 Å². The predicted octanol–water partition coefficient (Wildman–Crippen LogP) is 2.30. The van der Waals surface area contributed by atoms with Gasteiger partial charge in [-0.1, -0.05) is 6.07 Å². The van der Waals surface area contributed by atoms with E-state index >= 15 is 0 Å². The summed E-state index contributed by atoms with van der Waals surface area (Å²) in [5.41, 5.74) is 0.295.